The number of rotatable bonds is 2. The van der Waals surface area contributed by atoms with E-state index in [0.717, 1.165) is 22.5 Å². The number of nitrogens with zero attached hydrogens (tertiary/aromatic N) is 1. The minimum Gasteiger partial charge on any atom is -0.478 e. The zero-order valence-corrected chi connectivity index (χ0v) is 9.25. The van der Waals surface area contributed by atoms with Crippen LogP contribution in [-0.4, -0.2) is 21.6 Å². The quantitative estimate of drug-likeness (QED) is 0.804. The van der Waals surface area contributed by atoms with Crippen molar-refractivity contribution < 1.29 is 14.7 Å². The zero-order chi connectivity index (χ0) is 12.4. The molecule has 0 aliphatic carbocycles. The molecule has 0 saturated carbocycles. The molecule has 0 amide bonds. The molecule has 4 heteroatoms. The number of aromatic nitrogens is 1. The number of para-hydroxylation sites is 1. The summed E-state index contributed by atoms with van der Waals surface area (Å²) in [6.45, 7) is 1.47. The van der Waals surface area contributed by atoms with Gasteiger partial charge in [-0.15, -0.1) is 0 Å². The maximum atomic E-state index is 11.4. The van der Waals surface area contributed by atoms with Gasteiger partial charge in [-0.25, -0.2) is 4.79 Å². The molecule has 0 saturated heterocycles. The SMILES string of the molecule is CC(=O)n1cc(/C=C/C(=O)O)c2ccccc21. The Kier molecular flexibility index (Phi) is 2.78. The highest BCUT2D eigenvalue weighted by molar-refractivity contribution is 5.98. The molecule has 0 aliphatic heterocycles. The first-order valence-electron chi connectivity index (χ1n) is 5.11. The largest absolute Gasteiger partial charge is 0.478 e. The van der Waals surface area contributed by atoms with Crippen molar-refractivity contribution in [1.29, 1.82) is 0 Å². The lowest BCUT2D eigenvalue weighted by molar-refractivity contribution is -0.131. The smallest absolute Gasteiger partial charge is 0.328 e. The van der Waals surface area contributed by atoms with E-state index in [-0.39, 0.29) is 5.91 Å². The fourth-order valence-electron chi connectivity index (χ4n) is 1.76. The number of benzene rings is 1. The second-order valence-electron chi connectivity index (χ2n) is 3.66. The Morgan fingerprint density at radius 3 is 2.65 bits per heavy atom. The Bertz CT molecular complexity index is 623. The van der Waals surface area contributed by atoms with E-state index in [1.54, 1.807) is 6.20 Å². The summed E-state index contributed by atoms with van der Waals surface area (Å²) in [5.41, 5.74) is 1.50. The van der Waals surface area contributed by atoms with Crippen molar-refractivity contribution in [3.8, 4) is 0 Å². The second-order valence-corrected chi connectivity index (χ2v) is 3.66. The van der Waals surface area contributed by atoms with Crippen LogP contribution in [-0.2, 0) is 4.79 Å². The van der Waals surface area contributed by atoms with Crippen molar-refractivity contribution in [1.82, 2.24) is 4.57 Å². The number of fused-ring (bicyclic) bond motifs is 1. The highest BCUT2D eigenvalue weighted by Gasteiger charge is 2.08. The lowest BCUT2D eigenvalue weighted by atomic mass is 10.1. The monoisotopic (exact) mass is 229 g/mol. The van der Waals surface area contributed by atoms with E-state index < -0.39 is 5.97 Å². The third-order valence-corrected chi connectivity index (χ3v) is 2.49. The summed E-state index contributed by atoms with van der Waals surface area (Å²) in [6.07, 6.45) is 4.20. The average Bonchev–Trinajstić information content (AvgIpc) is 2.65. The van der Waals surface area contributed by atoms with Gasteiger partial charge in [-0.2, -0.15) is 0 Å². The molecule has 0 spiro atoms. The van der Waals surface area contributed by atoms with E-state index in [1.165, 1.54) is 17.6 Å². The summed E-state index contributed by atoms with van der Waals surface area (Å²) < 4.78 is 1.51. The predicted molar refractivity (Wildman–Crippen MR) is 64.9 cm³/mol. The fourth-order valence-corrected chi connectivity index (χ4v) is 1.76. The first-order valence-corrected chi connectivity index (χ1v) is 5.11. The van der Waals surface area contributed by atoms with Gasteiger partial charge >= 0.3 is 5.97 Å². The molecule has 4 nitrogen and oxygen atoms in total. The third kappa shape index (κ3) is 2.10. The lowest BCUT2D eigenvalue weighted by Crippen LogP contribution is -2.02. The summed E-state index contributed by atoms with van der Waals surface area (Å²) in [4.78, 5) is 21.9. The molecule has 1 aromatic heterocycles. The van der Waals surface area contributed by atoms with Gasteiger partial charge in [0.05, 0.1) is 5.52 Å². The Morgan fingerprint density at radius 2 is 2.00 bits per heavy atom. The van der Waals surface area contributed by atoms with Gasteiger partial charge in [0.2, 0.25) is 5.91 Å². The van der Waals surface area contributed by atoms with E-state index in [1.807, 2.05) is 24.3 Å². The highest BCUT2D eigenvalue weighted by atomic mass is 16.4. The van der Waals surface area contributed by atoms with Gasteiger partial charge in [0.25, 0.3) is 0 Å². The average molecular weight is 229 g/mol. The number of hydrogen-bond donors (Lipinski definition) is 1. The van der Waals surface area contributed by atoms with Crippen LogP contribution in [0.1, 0.15) is 17.3 Å². The van der Waals surface area contributed by atoms with Gasteiger partial charge in [0, 0.05) is 30.1 Å². The van der Waals surface area contributed by atoms with E-state index in [9.17, 15) is 9.59 Å². The molecule has 17 heavy (non-hydrogen) atoms. The normalized spacial score (nSPS) is 11.1. The Balaban J connectivity index is 2.64. The van der Waals surface area contributed by atoms with Gasteiger partial charge in [-0.05, 0) is 12.1 Å². The Labute approximate surface area is 97.8 Å². The first-order chi connectivity index (χ1) is 8.09. The molecule has 2 aromatic rings. The van der Waals surface area contributed by atoms with Crippen LogP contribution in [0.15, 0.2) is 36.5 Å². The maximum Gasteiger partial charge on any atom is 0.328 e. The van der Waals surface area contributed by atoms with Gasteiger partial charge in [0.15, 0.2) is 0 Å². The van der Waals surface area contributed by atoms with Gasteiger partial charge in [-0.3, -0.25) is 9.36 Å². The van der Waals surface area contributed by atoms with Crippen LogP contribution in [0, 0.1) is 0 Å². The maximum absolute atomic E-state index is 11.4. The van der Waals surface area contributed by atoms with Crippen molar-refractivity contribution in [3.63, 3.8) is 0 Å². The summed E-state index contributed by atoms with van der Waals surface area (Å²) in [5.74, 6) is -1.11. The van der Waals surface area contributed by atoms with Crippen LogP contribution >= 0.6 is 0 Å². The number of carbonyl (C=O) groups is 2. The summed E-state index contributed by atoms with van der Waals surface area (Å²) >= 11 is 0. The summed E-state index contributed by atoms with van der Waals surface area (Å²) in [7, 11) is 0. The van der Waals surface area contributed by atoms with Crippen molar-refractivity contribution in [2.45, 2.75) is 6.92 Å². The van der Waals surface area contributed by atoms with Crippen LogP contribution in [0.4, 0.5) is 0 Å². The molecule has 1 aromatic carbocycles. The minimum absolute atomic E-state index is 0.101. The molecule has 0 atom stereocenters. The van der Waals surface area contributed by atoms with Crippen LogP contribution in [0.5, 0.6) is 0 Å². The molecule has 0 radical (unpaired) electrons. The van der Waals surface area contributed by atoms with Gasteiger partial charge in [-0.1, -0.05) is 18.2 Å². The molecule has 1 heterocycles. The zero-order valence-electron chi connectivity index (χ0n) is 9.25. The molecule has 0 bridgehead atoms. The van der Waals surface area contributed by atoms with Crippen molar-refractivity contribution in [3.05, 3.63) is 42.1 Å². The Morgan fingerprint density at radius 1 is 1.29 bits per heavy atom. The highest BCUT2D eigenvalue weighted by Crippen LogP contribution is 2.22. The van der Waals surface area contributed by atoms with E-state index in [0.29, 0.717) is 0 Å². The number of carboxylic acids is 1. The minimum atomic E-state index is -1.01. The fraction of sp³-hybridized carbons (Fsp3) is 0.0769. The third-order valence-electron chi connectivity index (χ3n) is 2.49. The van der Waals surface area contributed by atoms with Crippen LogP contribution in [0.2, 0.25) is 0 Å². The van der Waals surface area contributed by atoms with E-state index in [2.05, 4.69) is 0 Å². The number of carboxylic acid groups (broad SMARTS) is 1. The van der Waals surface area contributed by atoms with E-state index in [4.69, 9.17) is 5.11 Å². The van der Waals surface area contributed by atoms with Crippen molar-refractivity contribution >= 4 is 28.9 Å². The standard InChI is InChI=1S/C13H11NO3/c1-9(15)14-8-10(6-7-13(16)17)11-4-2-3-5-12(11)14/h2-8H,1H3,(H,16,17)/b7-6+. The predicted octanol–water partition coefficient (Wildman–Crippen LogP) is 2.40. The summed E-state index contributed by atoms with van der Waals surface area (Å²) in [5, 5.41) is 9.46. The van der Waals surface area contributed by atoms with Crippen LogP contribution in [0.25, 0.3) is 17.0 Å². The van der Waals surface area contributed by atoms with Crippen LogP contribution < -0.4 is 0 Å². The summed E-state index contributed by atoms with van der Waals surface area (Å²) in [6, 6.07) is 7.38. The lowest BCUT2D eigenvalue weighted by Gasteiger charge is -1.96. The van der Waals surface area contributed by atoms with Gasteiger partial charge in [0.1, 0.15) is 0 Å². The number of hydrogen-bond acceptors (Lipinski definition) is 2. The molecule has 0 unspecified atom stereocenters. The first kappa shape index (κ1) is 11.1. The van der Waals surface area contributed by atoms with E-state index >= 15 is 0 Å². The molecule has 1 N–H and O–H groups in total. The van der Waals surface area contributed by atoms with Gasteiger partial charge < -0.3 is 5.11 Å². The molecule has 2 rings (SSSR count). The number of aliphatic carboxylic acids is 1. The second kappa shape index (κ2) is 4.25. The Hall–Kier alpha value is -2.36. The van der Waals surface area contributed by atoms with Crippen molar-refractivity contribution in [2.24, 2.45) is 0 Å². The molecular weight excluding hydrogens is 218 g/mol. The molecule has 86 valence electrons. The van der Waals surface area contributed by atoms with Crippen molar-refractivity contribution in [2.75, 3.05) is 0 Å². The molecular formula is C13H11NO3. The number of carbonyl (C=O) groups excluding carboxylic acids is 1. The molecule has 0 fully saturated rings. The topological polar surface area (TPSA) is 59.3 Å². The molecule has 0 aliphatic rings. The van der Waals surface area contributed by atoms with Crippen LogP contribution in [0.3, 0.4) is 0 Å².